The van der Waals surface area contributed by atoms with Gasteiger partial charge in [0.05, 0.1) is 25.9 Å². The summed E-state index contributed by atoms with van der Waals surface area (Å²) in [4.78, 5) is 11.8. The average molecular weight is 719 g/mol. The summed E-state index contributed by atoms with van der Waals surface area (Å²) in [7, 11) is 0. The molecule has 0 aromatic carbocycles. The zero-order valence-corrected chi connectivity index (χ0v) is 28.3. The lowest BCUT2D eigenvalue weighted by Gasteiger charge is -2.42. The summed E-state index contributed by atoms with van der Waals surface area (Å²) in [6, 6.07) is 0. The third-order valence-electron chi connectivity index (χ3n) is 8.18. The largest absolute Gasteiger partial charge is 0.460 e. The first-order valence-electron chi connectivity index (χ1n) is 16.8. The van der Waals surface area contributed by atoms with Gasteiger partial charge in [-0.05, 0) is 40.0 Å². The number of unbranched alkanes of at least 4 members (excludes halogenated alkanes) is 5. The second-order valence-corrected chi connectivity index (χ2v) is 13.4. The first-order valence-corrected chi connectivity index (χ1v) is 16.8. The summed E-state index contributed by atoms with van der Waals surface area (Å²) in [6.45, 7) is 3.56. The number of carbonyl (C=O) groups excluding carboxylic acids is 1. The van der Waals surface area contributed by atoms with Gasteiger partial charge in [0.15, 0.2) is 18.9 Å². The van der Waals surface area contributed by atoms with Crippen molar-refractivity contribution in [2.45, 2.75) is 164 Å². The monoisotopic (exact) mass is 718 g/mol. The van der Waals surface area contributed by atoms with Crippen molar-refractivity contribution in [2.75, 3.05) is 26.4 Å². The highest BCUT2D eigenvalue weighted by Crippen LogP contribution is 2.27. The molecule has 14 atom stereocenters. The predicted octanol–water partition coefficient (Wildman–Crippen LogP) is -3.49. The summed E-state index contributed by atoms with van der Waals surface area (Å²) in [6.07, 6.45) is -19.4. The fourth-order valence-electron chi connectivity index (χ4n) is 5.34. The van der Waals surface area contributed by atoms with Crippen molar-refractivity contribution in [3.63, 3.8) is 0 Å². The van der Waals surface area contributed by atoms with Gasteiger partial charge in [0.2, 0.25) is 0 Å². The Bertz CT molecular complexity index is 917. The van der Waals surface area contributed by atoms with Crippen molar-refractivity contribution in [3.05, 3.63) is 0 Å². The van der Waals surface area contributed by atoms with E-state index in [1.165, 1.54) is 0 Å². The lowest BCUT2D eigenvalue weighted by Crippen LogP contribution is -2.61. The van der Waals surface area contributed by atoms with Crippen molar-refractivity contribution < 1.29 is 89.4 Å². The molecule has 0 aromatic rings. The highest BCUT2D eigenvalue weighted by Gasteiger charge is 2.47. The molecule has 0 radical (unpaired) electrons. The van der Waals surface area contributed by atoms with Gasteiger partial charge in [0.25, 0.3) is 0 Å². The second kappa shape index (κ2) is 21.4. The van der Waals surface area contributed by atoms with Crippen LogP contribution in [-0.2, 0) is 33.2 Å². The van der Waals surface area contributed by atoms with Crippen LogP contribution >= 0.6 is 0 Å². The molecule has 0 aromatic heterocycles. The zero-order chi connectivity index (χ0) is 36.9. The van der Waals surface area contributed by atoms with E-state index in [0.717, 1.165) is 25.7 Å². The van der Waals surface area contributed by atoms with Gasteiger partial charge < -0.3 is 84.6 Å². The molecule has 0 aliphatic carbocycles. The van der Waals surface area contributed by atoms with Gasteiger partial charge in [-0.2, -0.15) is 0 Å². The Labute approximate surface area is 285 Å². The maximum atomic E-state index is 11.8. The number of aliphatic hydroxyl groups is 11. The van der Waals surface area contributed by atoms with Crippen LogP contribution in [-0.4, -0.2) is 180 Å². The van der Waals surface area contributed by atoms with E-state index in [0.29, 0.717) is 19.3 Å². The molecular formula is C31H58O18. The van der Waals surface area contributed by atoms with Gasteiger partial charge in [-0.1, -0.05) is 25.7 Å². The summed E-state index contributed by atoms with van der Waals surface area (Å²) >= 11 is 0. The molecule has 290 valence electrons. The van der Waals surface area contributed by atoms with Gasteiger partial charge in [0.1, 0.15) is 66.6 Å². The normalized spacial score (nSPS) is 33.5. The number of ether oxygens (including phenoxy) is 6. The molecule has 2 aliphatic rings. The Kier molecular flexibility index (Phi) is 19.2. The van der Waals surface area contributed by atoms with Crippen LogP contribution in [0.5, 0.6) is 0 Å². The Balaban J connectivity index is 1.92. The van der Waals surface area contributed by atoms with E-state index in [9.17, 15) is 61.0 Å². The standard InChI is InChI=1S/C31H58O18/c1-31(2,3)49-19(35)10-8-6-4-5-7-9-12-44-28(43)26(42)27(48-30-25(41)23(39)21(37)18(15-33)47-30)16(34)11-13-45-29-24(40)22(38)20(36)17(14-32)46-29/h16-18,20-30,32-34,36-43H,4-15H2,1-3H3. The highest BCUT2D eigenvalue weighted by molar-refractivity contribution is 5.69. The summed E-state index contributed by atoms with van der Waals surface area (Å²) in [5.74, 6) is -0.242. The fraction of sp³-hybridized carbons (Fsp3) is 0.968. The van der Waals surface area contributed by atoms with Crippen LogP contribution in [0, 0.1) is 0 Å². The van der Waals surface area contributed by atoms with Crippen LogP contribution in [0.1, 0.15) is 72.1 Å². The fourth-order valence-corrected chi connectivity index (χ4v) is 5.34. The molecule has 18 nitrogen and oxygen atoms in total. The van der Waals surface area contributed by atoms with Crippen LogP contribution in [0.25, 0.3) is 0 Å². The Hall–Kier alpha value is -1.17. The van der Waals surface area contributed by atoms with E-state index in [2.05, 4.69) is 0 Å². The van der Waals surface area contributed by atoms with Crippen molar-refractivity contribution in [1.82, 2.24) is 0 Å². The minimum Gasteiger partial charge on any atom is -0.460 e. The van der Waals surface area contributed by atoms with Crippen LogP contribution in [0.15, 0.2) is 0 Å². The minimum atomic E-state index is -1.97. The SMILES string of the molecule is CC(C)(C)OC(=O)CCCCCCCCOC(O)C(O)C(OC1OC(CO)C(O)C(O)C1O)C(O)CCOC1OC(CO)C(O)C(O)C1O. The number of aliphatic hydroxyl groups excluding tert-OH is 11. The molecule has 0 amide bonds. The molecule has 2 fully saturated rings. The number of rotatable bonds is 21. The molecule has 2 rings (SSSR count). The molecule has 11 N–H and O–H groups in total. The Morgan fingerprint density at radius 1 is 0.694 bits per heavy atom. The molecule has 49 heavy (non-hydrogen) atoms. The second-order valence-electron chi connectivity index (χ2n) is 13.4. The Morgan fingerprint density at radius 2 is 1.20 bits per heavy atom. The first kappa shape index (κ1) is 44.0. The molecule has 2 heterocycles. The molecular weight excluding hydrogens is 660 g/mol. The zero-order valence-electron chi connectivity index (χ0n) is 28.3. The smallest absolute Gasteiger partial charge is 0.306 e. The van der Waals surface area contributed by atoms with Crippen LogP contribution in [0.3, 0.4) is 0 Å². The van der Waals surface area contributed by atoms with Crippen molar-refractivity contribution in [2.24, 2.45) is 0 Å². The molecule has 0 saturated carbocycles. The number of carbonyl (C=O) groups is 1. The molecule has 2 saturated heterocycles. The maximum absolute atomic E-state index is 11.8. The number of esters is 1. The first-order chi connectivity index (χ1) is 23.0. The van der Waals surface area contributed by atoms with E-state index in [1.807, 2.05) is 20.8 Å². The van der Waals surface area contributed by atoms with E-state index in [-0.39, 0.29) is 19.0 Å². The summed E-state index contributed by atoms with van der Waals surface area (Å²) in [5, 5.41) is 112. The van der Waals surface area contributed by atoms with Gasteiger partial charge >= 0.3 is 5.97 Å². The molecule has 18 heteroatoms. The van der Waals surface area contributed by atoms with Crippen molar-refractivity contribution >= 4 is 5.97 Å². The van der Waals surface area contributed by atoms with Crippen molar-refractivity contribution in [1.29, 1.82) is 0 Å². The topological polar surface area (TPSA) is 295 Å². The summed E-state index contributed by atoms with van der Waals surface area (Å²) in [5.41, 5.74) is -0.523. The van der Waals surface area contributed by atoms with Gasteiger partial charge in [-0.25, -0.2) is 0 Å². The molecule has 0 bridgehead atoms. The number of hydrogen-bond donors (Lipinski definition) is 11. The highest BCUT2D eigenvalue weighted by atomic mass is 16.7. The van der Waals surface area contributed by atoms with E-state index in [4.69, 9.17) is 28.4 Å². The van der Waals surface area contributed by atoms with Crippen molar-refractivity contribution in [3.8, 4) is 0 Å². The molecule has 2 aliphatic heterocycles. The quantitative estimate of drug-likeness (QED) is 0.0312. The third kappa shape index (κ3) is 14.1. The van der Waals surface area contributed by atoms with Crippen LogP contribution in [0.4, 0.5) is 0 Å². The summed E-state index contributed by atoms with van der Waals surface area (Å²) < 4.78 is 32.2. The lowest BCUT2D eigenvalue weighted by molar-refractivity contribution is -0.333. The minimum absolute atomic E-state index is 0.0131. The van der Waals surface area contributed by atoms with E-state index in [1.54, 1.807) is 0 Å². The molecule has 0 spiro atoms. The van der Waals surface area contributed by atoms with E-state index >= 15 is 0 Å². The van der Waals surface area contributed by atoms with Gasteiger partial charge in [-0.15, -0.1) is 0 Å². The number of hydrogen-bond acceptors (Lipinski definition) is 18. The van der Waals surface area contributed by atoms with Crippen LogP contribution < -0.4 is 0 Å². The molecule has 14 unspecified atom stereocenters. The predicted molar refractivity (Wildman–Crippen MR) is 165 cm³/mol. The Morgan fingerprint density at radius 3 is 1.76 bits per heavy atom. The third-order valence-corrected chi connectivity index (χ3v) is 8.18. The maximum Gasteiger partial charge on any atom is 0.306 e. The van der Waals surface area contributed by atoms with Gasteiger partial charge in [-0.3, -0.25) is 4.79 Å². The van der Waals surface area contributed by atoms with Gasteiger partial charge in [0, 0.05) is 13.0 Å². The lowest BCUT2D eigenvalue weighted by atomic mass is 9.98. The van der Waals surface area contributed by atoms with Crippen LogP contribution in [0.2, 0.25) is 0 Å². The average Bonchev–Trinajstić information content (AvgIpc) is 3.04. The van der Waals surface area contributed by atoms with E-state index < -0.39 is 111 Å².